The highest BCUT2D eigenvalue weighted by Gasteiger charge is 2.37. The minimum Gasteiger partial charge on any atom is -0.496 e. The van der Waals surface area contributed by atoms with Crippen molar-refractivity contribution in [1.29, 1.82) is 0 Å². The second-order valence-corrected chi connectivity index (χ2v) is 6.22. The molecule has 0 spiro atoms. The van der Waals surface area contributed by atoms with Gasteiger partial charge in [0.2, 0.25) is 0 Å². The molecule has 23 heavy (non-hydrogen) atoms. The average molecular weight is 325 g/mol. The molecule has 2 fully saturated rings. The Balaban J connectivity index is 1.97. The zero-order valence-corrected chi connectivity index (χ0v) is 13.4. The second-order valence-electron chi connectivity index (χ2n) is 6.22. The summed E-state index contributed by atoms with van der Waals surface area (Å²) in [6.07, 6.45) is 1.84. The molecule has 1 saturated heterocycles. The third kappa shape index (κ3) is 3.26. The van der Waals surface area contributed by atoms with Crippen LogP contribution in [0.25, 0.3) is 0 Å². The van der Waals surface area contributed by atoms with Crippen LogP contribution in [0.3, 0.4) is 0 Å². The number of carbonyl (C=O) groups excluding carboxylic acids is 1. The van der Waals surface area contributed by atoms with Crippen LogP contribution in [0.4, 0.5) is 14.5 Å². The first-order valence-electron chi connectivity index (χ1n) is 7.88. The summed E-state index contributed by atoms with van der Waals surface area (Å²) in [5.74, 6) is -2.21. The van der Waals surface area contributed by atoms with E-state index in [1.807, 2.05) is 11.0 Å². The van der Waals surface area contributed by atoms with E-state index in [0.717, 1.165) is 24.1 Å². The Morgan fingerprint density at radius 2 is 1.87 bits per heavy atom. The molecule has 0 radical (unpaired) electrons. The lowest BCUT2D eigenvalue weighted by molar-refractivity contribution is -0.0220. The van der Waals surface area contributed by atoms with Crippen molar-refractivity contribution in [3.05, 3.63) is 23.3 Å². The first kappa shape index (κ1) is 16.0. The summed E-state index contributed by atoms with van der Waals surface area (Å²) in [5.41, 5.74) is 2.34. The second kappa shape index (κ2) is 5.98. The SMILES string of the molecule is COC(=O)c1cc(C2CC2)c(N2CCC(F)(F)CC2)cc1OC. The first-order chi connectivity index (χ1) is 10.9. The highest BCUT2D eigenvalue weighted by molar-refractivity contribution is 5.94. The molecule has 1 heterocycles. The molecule has 2 aliphatic rings. The Labute approximate surface area is 134 Å². The summed E-state index contributed by atoms with van der Waals surface area (Å²) in [7, 11) is 2.83. The Bertz CT molecular complexity index is 604. The predicted octanol–water partition coefficient (Wildman–Crippen LogP) is 3.59. The number of carbonyl (C=O) groups is 1. The standard InChI is InChI=1S/C17H21F2NO3/c1-22-15-10-14(20-7-5-17(18,19)6-8-20)12(11-3-4-11)9-13(15)16(21)23-2/h9-11H,3-8H2,1-2H3. The highest BCUT2D eigenvalue weighted by Crippen LogP contribution is 2.47. The number of halogens is 2. The lowest BCUT2D eigenvalue weighted by atomic mass is 9.99. The Kier molecular flexibility index (Phi) is 4.17. The molecule has 0 aromatic heterocycles. The molecule has 0 unspecified atom stereocenters. The monoisotopic (exact) mass is 325 g/mol. The summed E-state index contributed by atoms with van der Waals surface area (Å²) < 4.78 is 37.0. The molecule has 1 aliphatic heterocycles. The lowest BCUT2D eigenvalue weighted by Crippen LogP contribution is -2.39. The van der Waals surface area contributed by atoms with Gasteiger partial charge in [-0.15, -0.1) is 0 Å². The van der Waals surface area contributed by atoms with Crippen molar-refractivity contribution in [1.82, 2.24) is 0 Å². The van der Waals surface area contributed by atoms with E-state index in [1.165, 1.54) is 14.2 Å². The van der Waals surface area contributed by atoms with Gasteiger partial charge in [0.25, 0.3) is 5.92 Å². The first-order valence-corrected chi connectivity index (χ1v) is 7.88. The van der Waals surface area contributed by atoms with Crippen molar-refractivity contribution in [2.24, 2.45) is 0 Å². The van der Waals surface area contributed by atoms with Crippen molar-refractivity contribution in [3.8, 4) is 5.75 Å². The molecule has 0 bridgehead atoms. The molecular weight excluding hydrogens is 304 g/mol. The van der Waals surface area contributed by atoms with E-state index in [4.69, 9.17) is 9.47 Å². The van der Waals surface area contributed by atoms with E-state index >= 15 is 0 Å². The van der Waals surface area contributed by atoms with Crippen LogP contribution in [0.15, 0.2) is 12.1 Å². The Hall–Kier alpha value is -1.85. The number of hydrogen-bond donors (Lipinski definition) is 0. The topological polar surface area (TPSA) is 38.8 Å². The number of benzene rings is 1. The third-order valence-electron chi connectivity index (χ3n) is 4.61. The van der Waals surface area contributed by atoms with Crippen molar-refractivity contribution < 1.29 is 23.0 Å². The van der Waals surface area contributed by atoms with Gasteiger partial charge < -0.3 is 14.4 Å². The maximum atomic E-state index is 13.4. The summed E-state index contributed by atoms with van der Waals surface area (Å²) in [6, 6.07) is 3.60. The zero-order chi connectivity index (χ0) is 16.6. The molecular formula is C17H21F2NO3. The fourth-order valence-electron chi connectivity index (χ4n) is 3.09. The van der Waals surface area contributed by atoms with Gasteiger partial charge in [-0.1, -0.05) is 0 Å². The van der Waals surface area contributed by atoms with Crippen LogP contribution < -0.4 is 9.64 Å². The molecule has 1 aromatic rings. The zero-order valence-electron chi connectivity index (χ0n) is 13.4. The van der Waals surface area contributed by atoms with Crippen LogP contribution >= 0.6 is 0 Å². The van der Waals surface area contributed by atoms with Gasteiger partial charge in [-0.25, -0.2) is 13.6 Å². The number of anilines is 1. The number of ether oxygens (including phenoxy) is 2. The fraction of sp³-hybridized carbons (Fsp3) is 0.588. The molecule has 3 rings (SSSR count). The van der Waals surface area contributed by atoms with E-state index in [-0.39, 0.29) is 12.8 Å². The normalized spacial score (nSPS) is 20.3. The van der Waals surface area contributed by atoms with Crippen LogP contribution in [-0.2, 0) is 4.74 Å². The molecule has 1 aromatic carbocycles. The summed E-state index contributed by atoms with van der Waals surface area (Å²) in [5, 5.41) is 0. The largest absolute Gasteiger partial charge is 0.496 e. The van der Waals surface area contributed by atoms with Crippen molar-refractivity contribution in [2.45, 2.75) is 37.5 Å². The van der Waals surface area contributed by atoms with Crippen molar-refractivity contribution in [3.63, 3.8) is 0 Å². The van der Waals surface area contributed by atoms with E-state index in [2.05, 4.69) is 0 Å². The van der Waals surface area contributed by atoms with Gasteiger partial charge in [0.1, 0.15) is 11.3 Å². The van der Waals surface area contributed by atoms with E-state index < -0.39 is 11.9 Å². The number of hydrogen-bond acceptors (Lipinski definition) is 4. The molecule has 0 atom stereocenters. The minimum atomic E-state index is -2.58. The van der Waals surface area contributed by atoms with Gasteiger partial charge in [-0.3, -0.25) is 0 Å². The third-order valence-corrected chi connectivity index (χ3v) is 4.61. The number of alkyl halides is 2. The minimum absolute atomic E-state index is 0.141. The molecule has 1 saturated carbocycles. The van der Waals surface area contributed by atoms with Crippen LogP contribution in [0.1, 0.15) is 47.5 Å². The Morgan fingerprint density at radius 3 is 2.39 bits per heavy atom. The van der Waals surface area contributed by atoms with Crippen LogP contribution in [0.2, 0.25) is 0 Å². The van der Waals surface area contributed by atoms with Gasteiger partial charge in [-0.2, -0.15) is 0 Å². The lowest BCUT2D eigenvalue weighted by Gasteiger charge is -2.35. The summed E-state index contributed by atoms with van der Waals surface area (Å²) >= 11 is 0. The van der Waals surface area contributed by atoms with E-state index in [0.29, 0.717) is 30.3 Å². The van der Waals surface area contributed by atoms with Gasteiger partial charge in [0.15, 0.2) is 0 Å². The van der Waals surface area contributed by atoms with Crippen LogP contribution in [-0.4, -0.2) is 39.2 Å². The molecule has 126 valence electrons. The van der Waals surface area contributed by atoms with Crippen LogP contribution in [0.5, 0.6) is 5.75 Å². The van der Waals surface area contributed by atoms with E-state index in [1.54, 1.807) is 6.07 Å². The average Bonchev–Trinajstić information content (AvgIpc) is 3.38. The molecule has 4 nitrogen and oxygen atoms in total. The Morgan fingerprint density at radius 1 is 1.22 bits per heavy atom. The quantitative estimate of drug-likeness (QED) is 0.793. The van der Waals surface area contributed by atoms with Crippen LogP contribution in [0, 0.1) is 0 Å². The highest BCUT2D eigenvalue weighted by atomic mass is 19.3. The number of nitrogens with zero attached hydrogens (tertiary/aromatic N) is 1. The maximum Gasteiger partial charge on any atom is 0.341 e. The molecule has 1 aliphatic carbocycles. The fourth-order valence-corrected chi connectivity index (χ4v) is 3.09. The number of esters is 1. The van der Waals surface area contributed by atoms with Gasteiger partial charge in [-0.05, 0) is 30.4 Å². The number of methoxy groups -OCH3 is 2. The van der Waals surface area contributed by atoms with E-state index in [9.17, 15) is 13.6 Å². The maximum absolute atomic E-state index is 13.4. The molecule has 0 amide bonds. The predicted molar refractivity (Wildman–Crippen MR) is 82.7 cm³/mol. The van der Waals surface area contributed by atoms with Gasteiger partial charge >= 0.3 is 5.97 Å². The van der Waals surface area contributed by atoms with Gasteiger partial charge in [0, 0.05) is 37.7 Å². The smallest absolute Gasteiger partial charge is 0.341 e. The molecule has 6 heteroatoms. The number of piperidine rings is 1. The van der Waals surface area contributed by atoms with Crippen molar-refractivity contribution in [2.75, 3.05) is 32.2 Å². The van der Waals surface area contributed by atoms with Gasteiger partial charge in [0.05, 0.1) is 14.2 Å². The van der Waals surface area contributed by atoms with Crippen molar-refractivity contribution >= 4 is 11.7 Å². The molecule has 0 N–H and O–H groups in total. The number of rotatable bonds is 4. The summed E-state index contributed by atoms with van der Waals surface area (Å²) in [4.78, 5) is 13.9. The summed E-state index contributed by atoms with van der Waals surface area (Å²) in [6.45, 7) is 0.626.